The second kappa shape index (κ2) is 6.14. The second-order valence-electron chi connectivity index (χ2n) is 4.75. The van der Waals surface area contributed by atoms with Crippen LogP contribution < -0.4 is 5.32 Å². The maximum absolute atomic E-state index is 11.6. The van der Waals surface area contributed by atoms with Crippen molar-refractivity contribution in [3.63, 3.8) is 0 Å². The Labute approximate surface area is 112 Å². The number of carbonyl (C=O) groups is 2. The molecule has 2 heterocycles. The lowest BCUT2D eigenvalue weighted by atomic mass is 10.1. The molecule has 0 aromatic carbocycles. The first-order chi connectivity index (χ1) is 8.74. The molecule has 0 saturated heterocycles. The molecule has 0 atom stereocenters. The number of thiophene rings is 1. The predicted octanol–water partition coefficient (Wildman–Crippen LogP) is 3.53. The highest BCUT2D eigenvalue weighted by Gasteiger charge is 2.30. The van der Waals surface area contributed by atoms with E-state index in [9.17, 15) is 9.59 Å². The number of hydrogen-bond acceptors (Lipinski definition) is 3. The van der Waals surface area contributed by atoms with Crippen molar-refractivity contribution >= 4 is 23.2 Å². The van der Waals surface area contributed by atoms with E-state index in [2.05, 4.69) is 12.2 Å². The van der Waals surface area contributed by atoms with Crippen molar-refractivity contribution in [1.82, 2.24) is 5.32 Å². The van der Waals surface area contributed by atoms with Gasteiger partial charge in [0.25, 0.3) is 11.8 Å². The van der Waals surface area contributed by atoms with Crippen LogP contribution in [0.4, 0.5) is 0 Å². The van der Waals surface area contributed by atoms with Crippen molar-refractivity contribution < 1.29 is 9.59 Å². The van der Waals surface area contributed by atoms with E-state index in [0.717, 1.165) is 17.7 Å². The maximum Gasteiger partial charge on any atom is 0.260 e. The zero-order chi connectivity index (χ0) is 13.0. The van der Waals surface area contributed by atoms with Crippen molar-refractivity contribution in [3.8, 4) is 0 Å². The fourth-order valence-electron chi connectivity index (χ4n) is 2.30. The van der Waals surface area contributed by atoms with Gasteiger partial charge in [0.05, 0.1) is 11.1 Å². The Morgan fingerprint density at radius 1 is 1.06 bits per heavy atom. The first-order valence-electron chi connectivity index (χ1n) is 6.70. The predicted molar refractivity (Wildman–Crippen MR) is 73.2 cm³/mol. The lowest BCUT2D eigenvalue weighted by Crippen LogP contribution is -2.20. The van der Waals surface area contributed by atoms with E-state index in [1.807, 2.05) is 5.38 Å². The Morgan fingerprint density at radius 2 is 1.78 bits per heavy atom. The zero-order valence-electron chi connectivity index (χ0n) is 10.8. The number of fused-ring (bicyclic) bond motifs is 1. The topological polar surface area (TPSA) is 46.2 Å². The molecule has 4 heteroatoms. The molecule has 0 fully saturated rings. The van der Waals surface area contributed by atoms with Crippen LogP contribution in [-0.2, 0) is 6.42 Å². The van der Waals surface area contributed by atoms with Gasteiger partial charge in [-0.05, 0) is 12.8 Å². The third-order valence-corrected chi connectivity index (χ3v) is 4.37. The Morgan fingerprint density at radius 3 is 2.56 bits per heavy atom. The van der Waals surface area contributed by atoms with Gasteiger partial charge in [0.2, 0.25) is 0 Å². The summed E-state index contributed by atoms with van der Waals surface area (Å²) in [5.41, 5.74) is 1.21. The van der Waals surface area contributed by atoms with Gasteiger partial charge in [-0.3, -0.25) is 14.9 Å². The summed E-state index contributed by atoms with van der Waals surface area (Å²) in [5, 5.41) is 4.16. The number of nitrogens with one attached hydrogen (secondary N) is 1. The van der Waals surface area contributed by atoms with Crippen LogP contribution in [-0.4, -0.2) is 11.8 Å². The molecule has 0 radical (unpaired) electrons. The lowest BCUT2D eigenvalue weighted by molar-refractivity contribution is 0.0879. The summed E-state index contributed by atoms with van der Waals surface area (Å²) in [7, 11) is 0. The van der Waals surface area contributed by atoms with Crippen molar-refractivity contribution in [2.75, 3.05) is 0 Å². The van der Waals surface area contributed by atoms with Gasteiger partial charge in [-0.25, -0.2) is 0 Å². The van der Waals surface area contributed by atoms with Gasteiger partial charge in [0, 0.05) is 10.3 Å². The van der Waals surface area contributed by atoms with Gasteiger partial charge in [0.15, 0.2) is 0 Å². The number of carbonyl (C=O) groups excluding carboxylic acids is 2. The molecule has 0 saturated carbocycles. The van der Waals surface area contributed by atoms with E-state index in [1.165, 1.54) is 32.1 Å². The number of imide groups is 1. The number of amides is 2. The van der Waals surface area contributed by atoms with E-state index >= 15 is 0 Å². The van der Waals surface area contributed by atoms with Crippen molar-refractivity contribution in [3.05, 3.63) is 21.4 Å². The lowest BCUT2D eigenvalue weighted by Gasteiger charge is -2.01. The monoisotopic (exact) mass is 265 g/mol. The van der Waals surface area contributed by atoms with Gasteiger partial charge < -0.3 is 0 Å². The number of rotatable bonds is 7. The van der Waals surface area contributed by atoms with E-state index < -0.39 is 0 Å². The summed E-state index contributed by atoms with van der Waals surface area (Å²) in [5.74, 6) is -0.447. The highest BCUT2D eigenvalue weighted by atomic mass is 32.1. The molecule has 1 aliphatic rings. The molecule has 0 aliphatic carbocycles. The Hall–Kier alpha value is -1.16. The minimum absolute atomic E-state index is 0.211. The summed E-state index contributed by atoms with van der Waals surface area (Å²) in [6, 6.07) is 0. The standard InChI is InChI=1S/C14H19NO2S/c1-2-3-4-5-6-7-8-11-12-10(9-18-11)13(16)15-14(12)17/h9H,2-8H2,1H3,(H,15,16,17). The summed E-state index contributed by atoms with van der Waals surface area (Å²) >= 11 is 1.55. The van der Waals surface area contributed by atoms with Crippen LogP contribution in [0.5, 0.6) is 0 Å². The molecule has 1 N–H and O–H groups in total. The van der Waals surface area contributed by atoms with Crippen molar-refractivity contribution in [1.29, 1.82) is 0 Å². The van der Waals surface area contributed by atoms with E-state index in [0.29, 0.717) is 11.1 Å². The minimum atomic E-state index is -0.236. The molecular weight excluding hydrogens is 246 g/mol. The molecule has 2 amide bonds. The summed E-state index contributed by atoms with van der Waals surface area (Å²) in [6.07, 6.45) is 8.39. The van der Waals surface area contributed by atoms with Gasteiger partial charge in [0.1, 0.15) is 0 Å². The minimum Gasteiger partial charge on any atom is -0.288 e. The van der Waals surface area contributed by atoms with Gasteiger partial charge >= 0.3 is 0 Å². The molecule has 98 valence electrons. The molecule has 3 nitrogen and oxygen atoms in total. The molecule has 0 unspecified atom stereocenters. The van der Waals surface area contributed by atoms with Gasteiger partial charge in [-0.2, -0.15) is 0 Å². The van der Waals surface area contributed by atoms with Crippen molar-refractivity contribution in [2.45, 2.75) is 51.9 Å². The highest BCUT2D eigenvalue weighted by Crippen LogP contribution is 2.28. The van der Waals surface area contributed by atoms with E-state index in [4.69, 9.17) is 0 Å². The Balaban J connectivity index is 1.83. The fraction of sp³-hybridized carbons (Fsp3) is 0.571. The number of unbranched alkanes of at least 4 members (excludes halogenated alkanes) is 5. The first-order valence-corrected chi connectivity index (χ1v) is 7.58. The third-order valence-electron chi connectivity index (χ3n) is 3.32. The van der Waals surface area contributed by atoms with Crippen molar-refractivity contribution in [2.24, 2.45) is 0 Å². The third kappa shape index (κ3) is 2.80. The van der Waals surface area contributed by atoms with Gasteiger partial charge in [-0.15, -0.1) is 11.3 Å². The van der Waals surface area contributed by atoms with Crippen LogP contribution in [0.25, 0.3) is 0 Å². The quantitative estimate of drug-likeness (QED) is 0.605. The first kappa shape index (κ1) is 13.3. The second-order valence-corrected chi connectivity index (χ2v) is 5.71. The average Bonchev–Trinajstić information content (AvgIpc) is 2.88. The Bertz CT molecular complexity index is 451. The molecule has 18 heavy (non-hydrogen) atoms. The highest BCUT2D eigenvalue weighted by molar-refractivity contribution is 7.10. The number of hydrogen-bond donors (Lipinski definition) is 1. The summed E-state index contributed by atoms with van der Waals surface area (Å²) in [4.78, 5) is 24.1. The van der Waals surface area contributed by atoms with Crippen LogP contribution in [0.2, 0.25) is 0 Å². The van der Waals surface area contributed by atoms with Crippen LogP contribution >= 0.6 is 11.3 Å². The average molecular weight is 265 g/mol. The number of aryl methyl sites for hydroxylation is 1. The molecule has 2 rings (SSSR count). The molecule has 0 bridgehead atoms. The molecule has 1 aliphatic heterocycles. The van der Waals surface area contributed by atoms with Crippen LogP contribution in [0.3, 0.4) is 0 Å². The van der Waals surface area contributed by atoms with Crippen LogP contribution in [0, 0.1) is 0 Å². The van der Waals surface area contributed by atoms with Crippen LogP contribution in [0.1, 0.15) is 71.0 Å². The largest absolute Gasteiger partial charge is 0.288 e. The molecule has 1 aromatic heterocycles. The van der Waals surface area contributed by atoms with E-state index in [-0.39, 0.29) is 11.8 Å². The smallest absolute Gasteiger partial charge is 0.260 e. The maximum atomic E-state index is 11.6. The normalized spacial score (nSPS) is 13.8. The SMILES string of the molecule is CCCCCCCCc1scc2c1C(=O)NC2=O. The van der Waals surface area contributed by atoms with Gasteiger partial charge in [-0.1, -0.05) is 39.0 Å². The van der Waals surface area contributed by atoms with E-state index in [1.54, 1.807) is 11.3 Å². The summed E-state index contributed by atoms with van der Waals surface area (Å²) in [6.45, 7) is 2.21. The molecule has 1 aromatic rings. The fourth-order valence-corrected chi connectivity index (χ4v) is 3.36. The Kier molecular flexibility index (Phi) is 4.53. The molecule has 0 spiro atoms. The molecular formula is C14H19NO2S. The summed E-state index contributed by atoms with van der Waals surface area (Å²) < 4.78 is 0. The zero-order valence-corrected chi connectivity index (χ0v) is 11.6. The van der Waals surface area contributed by atoms with Crippen LogP contribution in [0.15, 0.2) is 5.38 Å².